The van der Waals surface area contributed by atoms with Gasteiger partial charge in [0.2, 0.25) is 0 Å². The van der Waals surface area contributed by atoms with Crippen molar-refractivity contribution in [2.24, 2.45) is 0 Å². The van der Waals surface area contributed by atoms with Crippen LogP contribution < -0.4 is 0 Å². The zero-order valence-corrected chi connectivity index (χ0v) is 25.8. The van der Waals surface area contributed by atoms with Crippen LogP contribution in [0.5, 0.6) is 0 Å². The van der Waals surface area contributed by atoms with Gasteiger partial charge in [0, 0.05) is 27.4 Å². The number of benzene rings is 7. The minimum atomic E-state index is 0.588. The lowest BCUT2D eigenvalue weighted by molar-refractivity contribution is 1.18. The summed E-state index contributed by atoms with van der Waals surface area (Å²) in [5.74, 6) is 0. The Morgan fingerprint density at radius 2 is 0.958 bits per heavy atom. The summed E-state index contributed by atoms with van der Waals surface area (Å²) in [5.41, 5.74) is 11.4. The van der Waals surface area contributed by atoms with Crippen LogP contribution in [-0.4, -0.2) is 9.13 Å². The smallest absolute Gasteiger partial charge is 0.197 e. The number of fused-ring (bicyclic) bond motifs is 6. The third-order valence-corrected chi connectivity index (χ3v) is 9.37. The van der Waals surface area contributed by atoms with Gasteiger partial charge in [-0.2, -0.15) is 0 Å². The number of aromatic nitrogens is 2. The van der Waals surface area contributed by atoms with Crippen molar-refractivity contribution in [1.82, 2.24) is 9.13 Å². The van der Waals surface area contributed by atoms with Crippen LogP contribution >= 0.6 is 0 Å². The molecule has 2 aromatic heterocycles. The molecule has 0 aliphatic heterocycles. The molecule has 7 aromatic carbocycles. The first-order valence-corrected chi connectivity index (χ1v) is 15.9. The van der Waals surface area contributed by atoms with Crippen LogP contribution in [0.3, 0.4) is 0 Å². The minimum Gasteiger partial charge on any atom is -0.310 e. The number of rotatable bonds is 4. The Hall–Kier alpha value is -6.88. The van der Waals surface area contributed by atoms with Gasteiger partial charge in [-0.15, -0.1) is 0 Å². The molecule has 0 aliphatic rings. The highest BCUT2D eigenvalue weighted by Crippen LogP contribution is 2.45. The predicted molar refractivity (Wildman–Crippen MR) is 199 cm³/mol. The lowest BCUT2D eigenvalue weighted by atomic mass is 9.91. The first kappa shape index (κ1) is 27.4. The summed E-state index contributed by atoms with van der Waals surface area (Å²) in [5, 5.41) is 4.41. The van der Waals surface area contributed by atoms with Gasteiger partial charge in [-0.25, -0.2) is 9.69 Å². The molecule has 4 nitrogen and oxygen atoms in total. The molecule has 0 spiro atoms. The van der Waals surface area contributed by atoms with Crippen LogP contribution in [-0.2, 0) is 0 Å². The quantitative estimate of drug-likeness (QED) is 0.177. The second-order valence-electron chi connectivity index (χ2n) is 11.9. The first-order valence-electron chi connectivity index (χ1n) is 15.9. The van der Waals surface area contributed by atoms with Gasteiger partial charge in [0.05, 0.1) is 35.4 Å². The Morgan fingerprint density at radius 3 is 1.69 bits per heavy atom. The maximum absolute atomic E-state index is 8.27. The van der Waals surface area contributed by atoms with E-state index < -0.39 is 0 Å². The molecule has 9 rings (SSSR count). The van der Waals surface area contributed by atoms with E-state index >= 15 is 0 Å². The Labute approximate surface area is 277 Å². The van der Waals surface area contributed by atoms with Crippen molar-refractivity contribution in [3.63, 3.8) is 0 Å². The van der Waals surface area contributed by atoms with Crippen LogP contribution in [0.2, 0.25) is 0 Å². The summed E-state index contributed by atoms with van der Waals surface area (Å²) in [6, 6.07) is 54.2. The van der Waals surface area contributed by atoms with Gasteiger partial charge in [0.1, 0.15) is 0 Å². The molecule has 0 amide bonds. The molecule has 0 N–H and O–H groups in total. The highest BCUT2D eigenvalue weighted by atomic mass is 15.0. The average Bonchev–Trinajstić information content (AvgIpc) is 3.68. The van der Waals surface area contributed by atoms with E-state index in [9.17, 15) is 0 Å². The van der Waals surface area contributed by atoms with Gasteiger partial charge in [-0.1, -0.05) is 115 Å². The maximum atomic E-state index is 8.27. The molecule has 0 radical (unpaired) electrons. The van der Waals surface area contributed by atoms with Crippen molar-refractivity contribution in [2.45, 2.75) is 0 Å². The summed E-state index contributed by atoms with van der Waals surface area (Å²) in [6.45, 7) is 16.2. The molecule has 4 heteroatoms. The molecule has 0 saturated heterocycles. The fraction of sp³-hybridized carbons (Fsp3) is 0. The molecule has 2 heterocycles. The van der Waals surface area contributed by atoms with E-state index in [-0.39, 0.29) is 0 Å². The van der Waals surface area contributed by atoms with Crippen molar-refractivity contribution >= 4 is 55.0 Å². The Morgan fingerprint density at radius 1 is 0.417 bits per heavy atom. The molecule has 0 unspecified atom stereocenters. The summed E-state index contributed by atoms with van der Waals surface area (Å²) in [7, 11) is 0. The molecule has 0 bridgehead atoms. The van der Waals surface area contributed by atoms with E-state index in [1.165, 1.54) is 10.8 Å². The molecule has 222 valence electrons. The second-order valence-corrected chi connectivity index (χ2v) is 11.9. The highest BCUT2D eigenvalue weighted by Gasteiger charge is 2.21. The number of hydrogen-bond donors (Lipinski definition) is 0. The number of nitrogens with zero attached hydrogens (tertiary/aromatic N) is 4. The molecular weight excluding hydrogens is 585 g/mol. The summed E-state index contributed by atoms with van der Waals surface area (Å²) in [6.07, 6.45) is 0. The summed E-state index contributed by atoms with van der Waals surface area (Å²) < 4.78 is 4.57. The van der Waals surface area contributed by atoms with Crippen molar-refractivity contribution in [2.75, 3.05) is 0 Å². The van der Waals surface area contributed by atoms with E-state index in [1.807, 2.05) is 48.5 Å². The highest BCUT2D eigenvalue weighted by molar-refractivity contribution is 6.16. The average molecular weight is 611 g/mol. The standard InChI is InChI=1S/C44H26N4/c1-45-36-21-12-20-31(29-14-11-15-30(28-29)47-38-23-7-3-16-32(38)33-17-4-8-24-39(33)47)43(36)34-18-5-9-25-40(34)48-41-26-10-6-19-35(41)44-37(46-2)22-13-27-42(44)48/h3-28H. The first-order chi connectivity index (χ1) is 23.8. The van der Waals surface area contributed by atoms with Crippen molar-refractivity contribution in [1.29, 1.82) is 0 Å². The van der Waals surface area contributed by atoms with Crippen molar-refractivity contribution in [3.05, 3.63) is 181 Å². The van der Waals surface area contributed by atoms with Gasteiger partial charge < -0.3 is 9.13 Å². The van der Waals surface area contributed by atoms with Crippen LogP contribution in [0.4, 0.5) is 11.4 Å². The zero-order chi connectivity index (χ0) is 32.2. The van der Waals surface area contributed by atoms with Crippen LogP contribution in [0, 0.1) is 13.1 Å². The molecule has 0 atom stereocenters. The summed E-state index contributed by atoms with van der Waals surface area (Å²) in [4.78, 5) is 7.94. The lowest BCUT2D eigenvalue weighted by Crippen LogP contribution is -1.98. The Kier molecular flexibility index (Phi) is 6.22. The van der Waals surface area contributed by atoms with E-state index in [0.717, 1.165) is 66.5 Å². The van der Waals surface area contributed by atoms with E-state index in [4.69, 9.17) is 13.1 Å². The van der Waals surface area contributed by atoms with Crippen LogP contribution in [0.25, 0.3) is 86.9 Å². The SMILES string of the molecule is [C-]#[N+]c1cccc(-c2cccc(-n3c4ccccc4c4ccccc43)c2)c1-c1ccccc1-n1c2ccccc2c2c([N+]#[C-])cccc21. The van der Waals surface area contributed by atoms with Gasteiger partial charge >= 0.3 is 0 Å². The van der Waals surface area contributed by atoms with Crippen LogP contribution in [0.15, 0.2) is 158 Å². The number of para-hydroxylation sites is 4. The zero-order valence-electron chi connectivity index (χ0n) is 25.8. The number of hydrogen-bond acceptors (Lipinski definition) is 0. The lowest BCUT2D eigenvalue weighted by Gasteiger charge is -2.19. The maximum Gasteiger partial charge on any atom is 0.197 e. The third-order valence-electron chi connectivity index (χ3n) is 9.37. The predicted octanol–water partition coefficient (Wildman–Crippen LogP) is 12.3. The van der Waals surface area contributed by atoms with Gasteiger partial charge in [-0.05, 0) is 70.1 Å². The van der Waals surface area contributed by atoms with Gasteiger partial charge in [-0.3, -0.25) is 0 Å². The fourth-order valence-corrected chi connectivity index (χ4v) is 7.40. The largest absolute Gasteiger partial charge is 0.310 e. The normalized spacial score (nSPS) is 11.3. The van der Waals surface area contributed by atoms with Gasteiger partial charge in [0.15, 0.2) is 11.4 Å². The monoisotopic (exact) mass is 610 g/mol. The Bertz CT molecular complexity index is 2760. The molecular formula is C44H26N4. The van der Waals surface area contributed by atoms with Crippen molar-refractivity contribution in [3.8, 4) is 33.6 Å². The molecule has 0 aliphatic carbocycles. The topological polar surface area (TPSA) is 18.6 Å². The summed E-state index contributed by atoms with van der Waals surface area (Å²) >= 11 is 0. The van der Waals surface area contributed by atoms with Crippen molar-refractivity contribution < 1.29 is 0 Å². The van der Waals surface area contributed by atoms with E-state index in [2.05, 4.69) is 128 Å². The Balaban J connectivity index is 1.31. The molecule has 0 fully saturated rings. The third kappa shape index (κ3) is 4.01. The fourth-order valence-electron chi connectivity index (χ4n) is 7.40. The molecule has 48 heavy (non-hydrogen) atoms. The van der Waals surface area contributed by atoms with Gasteiger partial charge in [0.25, 0.3) is 0 Å². The van der Waals surface area contributed by atoms with Crippen LogP contribution in [0.1, 0.15) is 0 Å². The van der Waals surface area contributed by atoms with E-state index in [0.29, 0.717) is 11.4 Å². The molecule has 0 saturated carbocycles. The van der Waals surface area contributed by atoms with E-state index in [1.54, 1.807) is 0 Å². The molecule has 9 aromatic rings. The second kappa shape index (κ2) is 10.9. The minimum absolute atomic E-state index is 0.588.